The van der Waals surface area contributed by atoms with Crippen LogP contribution in [0, 0.1) is 24.0 Å². The van der Waals surface area contributed by atoms with Crippen LogP contribution in [-0.2, 0) is 6.54 Å². The van der Waals surface area contributed by atoms with Crippen molar-refractivity contribution < 1.29 is 9.72 Å². The van der Waals surface area contributed by atoms with Gasteiger partial charge in [-0.1, -0.05) is 49.4 Å². The van der Waals surface area contributed by atoms with E-state index in [1.54, 1.807) is 36.9 Å². The van der Waals surface area contributed by atoms with Crippen LogP contribution in [0.5, 0.6) is 0 Å². The molecule has 0 spiro atoms. The van der Waals surface area contributed by atoms with Crippen LogP contribution in [0.3, 0.4) is 0 Å². The molecule has 9 nitrogen and oxygen atoms in total. The van der Waals surface area contributed by atoms with Crippen molar-refractivity contribution in [3.63, 3.8) is 0 Å². The summed E-state index contributed by atoms with van der Waals surface area (Å²) in [5.41, 5.74) is 4.28. The molecular formula is C25H26N6O3. The van der Waals surface area contributed by atoms with Crippen LogP contribution < -0.4 is 5.32 Å². The average molecular weight is 459 g/mol. The molecular weight excluding hydrogens is 432 g/mol. The second kappa shape index (κ2) is 9.70. The molecule has 2 N–H and O–H groups in total. The number of aromatic nitrogens is 4. The Morgan fingerprint density at radius 2 is 1.85 bits per heavy atom. The number of nitrogens with zero attached hydrogens (tertiary/aromatic N) is 4. The number of aromatic amines is 1. The molecule has 0 saturated carbocycles. The van der Waals surface area contributed by atoms with Crippen molar-refractivity contribution in [3.05, 3.63) is 99.2 Å². The lowest BCUT2D eigenvalue weighted by atomic mass is 10.1. The van der Waals surface area contributed by atoms with Gasteiger partial charge >= 0.3 is 5.69 Å². The quantitative estimate of drug-likeness (QED) is 0.292. The van der Waals surface area contributed by atoms with Gasteiger partial charge in [-0.2, -0.15) is 5.10 Å². The Morgan fingerprint density at radius 3 is 2.47 bits per heavy atom. The van der Waals surface area contributed by atoms with E-state index in [1.165, 1.54) is 0 Å². The number of carbonyl (C=O) groups excluding carboxylic acids is 1. The van der Waals surface area contributed by atoms with Gasteiger partial charge in [0.1, 0.15) is 17.2 Å². The summed E-state index contributed by atoms with van der Waals surface area (Å²) >= 11 is 0. The summed E-state index contributed by atoms with van der Waals surface area (Å²) in [6, 6.07) is 16.8. The van der Waals surface area contributed by atoms with E-state index in [4.69, 9.17) is 0 Å². The molecule has 0 fully saturated rings. The number of imidazole rings is 1. The highest BCUT2D eigenvalue weighted by Gasteiger charge is 2.22. The van der Waals surface area contributed by atoms with Gasteiger partial charge in [0, 0.05) is 5.56 Å². The van der Waals surface area contributed by atoms with Gasteiger partial charge in [-0.3, -0.25) is 19.6 Å². The SMILES string of the molecule is CCC(NC(=O)c1ccc(Cn2nc(C)c([N+](=O)[O-])c2C)cc1)c1ncc(-c2ccccc2)[nH]1. The maximum absolute atomic E-state index is 12.9. The number of H-pyrrole nitrogens is 1. The summed E-state index contributed by atoms with van der Waals surface area (Å²) < 4.78 is 1.61. The van der Waals surface area contributed by atoms with Crippen molar-refractivity contribution in [2.24, 2.45) is 0 Å². The highest BCUT2D eigenvalue weighted by atomic mass is 16.6. The van der Waals surface area contributed by atoms with Crippen molar-refractivity contribution >= 4 is 11.6 Å². The Bertz CT molecular complexity index is 1310. The molecule has 174 valence electrons. The van der Waals surface area contributed by atoms with E-state index in [0.717, 1.165) is 16.8 Å². The lowest BCUT2D eigenvalue weighted by molar-refractivity contribution is -0.386. The molecule has 2 aromatic carbocycles. The third-order valence-corrected chi connectivity index (χ3v) is 5.80. The maximum Gasteiger partial charge on any atom is 0.312 e. The Labute approximate surface area is 197 Å². The highest BCUT2D eigenvalue weighted by molar-refractivity contribution is 5.94. The lowest BCUT2D eigenvalue weighted by Crippen LogP contribution is -2.28. The largest absolute Gasteiger partial charge is 0.342 e. The third-order valence-electron chi connectivity index (χ3n) is 5.80. The van der Waals surface area contributed by atoms with Crippen molar-refractivity contribution in [2.75, 3.05) is 0 Å². The molecule has 34 heavy (non-hydrogen) atoms. The van der Waals surface area contributed by atoms with Crippen LogP contribution in [0.25, 0.3) is 11.3 Å². The molecule has 2 heterocycles. The van der Waals surface area contributed by atoms with Crippen molar-refractivity contribution in [1.29, 1.82) is 0 Å². The van der Waals surface area contributed by atoms with Gasteiger partial charge in [0.2, 0.25) is 0 Å². The predicted octanol–water partition coefficient (Wildman–Crippen LogP) is 4.73. The topological polar surface area (TPSA) is 119 Å². The van der Waals surface area contributed by atoms with E-state index in [1.807, 2.05) is 49.4 Å². The highest BCUT2D eigenvalue weighted by Crippen LogP contribution is 2.23. The molecule has 0 bridgehead atoms. The molecule has 4 aromatic rings. The molecule has 0 aliphatic carbocycles. The Morgan fingerprint density at radius 1 is 1.15 bits per heavy atom. The molecule has 9 heteroatoms. The molecule has 0 saturated heterocycles. The number of nitro groups is 1. The minimum atomic E-state index is -0.409. The van der Waals surface area contributed by atoms with Gasteiger partial charge < -0.3 is 10.3 Å². The fraction of sp³-hybridized carbons (Fsp3) is 0.240. The van der Waals surface area contributed by atoms with Gasteiger partial charge in [0.15, 0.2) is 0 Å². The van der Waals surface area contributed by atoms with Gasteiger partial charge in [0.05, 0.1) is 29.4 Å². The lowest BCUT2D eigenvalue weighted by Gasteiger charge is -2.15. The second-order valence-corrected chi connectivity index (χ2v) is 8.11. The predicted molar refractivity (Wildman–Crippen MR) is 128 cm³/mol. The van der Waals surface area contributed by atoms with Crippen LogP contribution in [0.2, 0.25) is 0 Å². The first kappa shape index (κ1) is 22.9. The number of rotatable bonds is 8. The first-order valence-corrected chi connectivity index (χ1v) is 11.1. The standard InChI is InChI=1S/C25H26N6O3/c1-4-21(24-26-14-22(27-24)19-8-6-5-7-9-19)28-25(32)20-12-10-18(11-13-20)15-30-17(3)23(31(33)34)16(2)29-30/h5-14,21H,4,15H2,1-3H3,(H,26,27)(H,28,32). The number of hydrogen-bond acceptors (Lipinski definition) is 5. The molecule has 4 rings (SSSR count). The number of hydrogen-bond donors (Lipinski definition) is 2. The zero-order valence-electron chi connectivity index (χ0n) is 19.3. The number of benzene rings is 2. The monoisotopic (exact) mass is 458 g/mol. The first-order chi connectivity index (χ1) is 16.4. The van der Waals surface area contributed by atoms with Crippen LogP contribution in [0.4, 0.5) is 5.69 Å². The number of carbonyl (C=O) groups is 1. The van der Waals surface area contributed by atoms with Gasteiger partial charge in [-0.05, 0) is 43.5 Å². The summed E-state index contributed by atoms with van der Waals surface area (Å²) in [5, 5.41) is 18.5. The Hall–Kier alpha value is -4.27. The van der Waals surface area contributed by atoms with Crippen molar-refractivity contribution in [2.45, 2.75) is 39.8 Å². The zero-order valence-corrected chi connectivity index (χ0v) is 19.3. The third kappa shape index (κ3) is 4.73. The summed E-state index contributed by atoms with van der Waals surface area (Å²) in [7, 11) is 0. The Balaban J connectivity index is 1.44. The second-order valence-electron chi connectivity index (χ2n) is 8.11. The number of amides is 1. The van der Waals surface area contributed by atoms with E-state index in [0.29, 0.717) is 35.7 Å². The maximum atomic E-state index is 12.9. The molecule has 0 aliphatic rings. The fourth-order valence-corrected chi connectivity index (χ4v) is 3.92. The van der Waals surface area contributed by atoms with Crippen LogP contribution >= 0.6 is 0 Å². The molecule has 1 amide bonds. The zero-order chi connectivity index (χ0) is 24.2. The normalized spacial score (nSPS) is 11.9. The van der Waals surface area contributed by atoms with Crippen molar-refractivity contribution in [1.82, 2.24) is 25.1 Å². The van der Waals surface area contributed by atoms with Gasteiger partial charge in [0.25, 0.3) is 5.91 Å². The molecule has 1 atom stereocenters. The van der Waals surface area contributed by atoms with Gasteiger partial charge in [-0.25, -0.2) is 4.98 Å². The van der Waals surface area contributed by atoms with Crippen LogP contribution in [0.15, 0.2) is 60.8 Å². The summed E-state index contributed by atoms with van der Waals surface area (Å²) in [6.45, 7) is 5.69. The van der Waals surface area contributed by atoms with E-state index in [-0.39, 0.29) is 17.6 Å². The summed E-state index contributed by atoms with van der Waals surface area (Å²) in [6.07, 6.45) is 2.46. The van der Waals surface area contributed by atoms with Crippen LogP contribution in [0.1, 0.15) is 52.5 Å². The van der Waals surface area contributed by atoms with Gasteiger partial charge in [-0.15, -0.1) is 0 Å². The molecule has 2 aromatic heterocycles. The molecule has 1 unspecified atom stereocenters. The fourth-order valence-electron chi connectivity index (χ4n) is 3.92. The first-order valence-electron chi connectivity index (χ1n) is 11.1. The minimum Gasteiger partial charge on any atom is -0.342 e. The summed E-state index contributed by atoms with van der Waals surface area (Å²) in [4.78, 5) is 31.5. The average Bonchev–Trinajstić information content (AvgIpc) is 3.43. The Kier molecular flexibility index (Phi) is 6.53. The van der Waals surface area contributed by atoms with E-state index < -0.39 is 4.92 Å². The number of nitrogens with one attached hydrogen (secondary N) is 2. The smallest absolute Gasteiger partial charge is 0.312 e. The van der Waals surface area contributed by atoms with Crippen LogP contribution in [-0.4, -0.2) is 30.6 Å². The minimum absolute atomic E-state index is 0.0370. The molecule has 0 radical (unpaired) electrons. The van der Waals surface area contributed by atoms with E-state index >= 15 is 0 Å². The molecule has 0 aliphatic heterocycles. The van der Waals surface area contributed by atoms with E-state index in [9.17, 15) is 14.9 Å². The van der Waals surface area contributed by atoms with Crippen molar-refractivity contribution in [3.8, 4) is 11.3 Å². The van der Waals surface area contributed by atoms with E-state index in [2.05, 4.69) is 20.4 Å². The number of aryl methyl sites for hydroxylation is 1. The summed E-state index contributed by atoms with van der Waals surface area (Å²) in [5.74, 6) is 0.509.